The number of halogens is 1. The Balaban J connectivity index is 1.35. The van der Waals surface area contributed by atoms with Crippen molar-refractivity contribution in [3.8, 4) is 5.75 Å². The molecule has 32 heavy (non-hydrogen) atoms. The summed E-state index contributed by atoms with van der Waals surface area (Å²) >= 11 is 2.06. The molecule has 2 heterocycles. The number of aliphatic carboxylic acids is 1. The fourth-order valence-electron chi connectivity index (χ4n) is 4.90. The van der Waals surface area contributed by atoms with E-state index < -0.39 is 5.97 Å². The van der Waals surface area contributed by atoms with Gasteiger partial charge in [-0.25, -0.2) is 4.39 Å². The van der Waals surface area contributed by atoms with E-state index in [2.05, 4.69) is 21.6 Å². The van der Waals surface area contributed by atoms with Crippen LogP contribution in [0.1, 0.15) is 44.1 Å². The number of rotatable bonds is 11. The van der Waals surface area contributed by atoms with Crippen LogP contribution in [0.4, 0.5) is 4.39 Å². The third-order valence-corrected chi connectivity index (χ3v) is 8.19. The Morgan fingerprint density at radius 3 is 2.91 bits per heavy atom. The van der Waals surface area contributed by atoms with Crippen molar-refractivity contribution in [3.63, 3.8) is 0 Å². The summed E-state index contributed by atoms with van der Waals surface area (Å²) in [5, 5.41) is 11.1. The molecule has 0 radical (unpaired) electrons. The number of pyridine rings is 1. The molecule has 5 nitrogen and oxygen atoms in total. The zero-order valence-corrected chi connectivity index (χ0v) is 19.6. The Morgan fingerprint density at radius 2 is 2.16 bits per heavy atom. The van der Waals surface area contributed by atoms with Crippen molar-refractivity contribution < 1.29 is 19.0 Å². The highest BCUT2D eigenvalue weighted by molar-refractivity contribution is 8.00. The van der Waals surface area contributed by atoms with E-state index in [1.54, 1.807) is 7.11 Å². The summed E-state index contributed by atoms with van der Waals surface area (Å²) in [4.78, 5) is 18.1. The lowest BCUT2D eigenvalue weighted by Crippen LogP contribution is -2.42. The summed E-state index contributed by atoms with van der Waals surface area (Å²) < 4.78 is 19.9. The number of aryl methyl sites for hydroxylation is 1. The van der Waals surface area contributed by atoms with Gasteiger partial charge in [-0.05, 0) is 80.7 Å². The van der Waals surface area contributed by atoms with E-state index in [0.717, 1.165) is 60.8 Å². The van der Waals surface area contributed by atoms with Crippen LogP contribution in [0.25, 0.3) is 10.9 Å². The molecular formula is C25H33FN2O3S. The van der Waals surface area contributed by atoms with Crippen LogP contribution in [0.15, 0.2) is 24.4 Å². The second-order valence-electron chi connectivity index (χ2n) is 9.14. The van der Waals surface area contributed by atoms with Gasteiger partial charge in [-0.2, -0.15) is 11.8 Å². The van der Waals surface area contributed by atoms with Crippen LogP contribution in [0, 0.1) is 17.7 Å². The maximum absolute atomic E-state index is 14.6. The molecule has 7 heteroatoms. The van der Waals surface area contributed by atoms with Crippen LogP contribution in [-0.4, -0.2) is 58.7 Å². The van der Waals surface area contributed by atoms with Crippen LogP contribution in [0.3, 0.4) is 0 Å². The predicted octanol–water partition coefficient (Wildman–Crippen LogP) is 5.01. The summed E-state index contributed by atoms with van der Waals surface area (Å²) in [5.41, 5.74) is 1.45. The highest BCUT2D eigenvalue weighted by Crippen LogP contribution is 2.35. The van der Waals surface area contributed by atoms with Gasteiger partial charge in [-0.15, -0.1) is 0 Å². The van der Waals surface area contributed by atoms with Gasteiger partial charge in [0.25, 0.3) is 0 Å². The molecule has 2 aromatic rings. The molecule has 1 saturated carbocycles. The predicted molar refractivity (Wildman–Crippen MR) is 127 cm³/mol. The number of hydrogen-bond acceptors (Lipinski definition) is 5. The minimum absolute atomic E-state index is 0.173. The van der Waals surface area contributed by atoms with Crippen LogP contribution in [0.5, 0.6) is 5.75 Å². The van der Waals surface area contributed by atoms with Crippen LogP contribution in [0.2, 0.25) is 0 Å². The molecule has 2 atom stereocenters. The van der Waals surface area contributed by atoms with Gasteiger partial charge in [-0.3, -0.25) is 9.78 Å². The van der Waals surface area contributed by atoms with Gasteiger partial charge in [0.05, 0.1) is 18.8 Å². The van der Waals surface area contributed by atoms with Gasteiger partial charge in [-0.1, -0.05) is 0 Å². The van der Waals surface area contributed by atoms with Crippen molar-refractivity contribution >= 4 is 28.6 Å². The molecule has 0 spiro atoms. The lowest BCUT2D eigenvalue weighted by Gasteiger charge is -2.38. The normalized spacial score (nSPS) is 21.7. The van der Waals surface area contributed by atoms with E-state index in [4.69, 9.17) is 4.74 Å². The number of methoxy groups -OCH3 is 1. The highest BCUT2D eigenvalue weighted by atomic mass is 32.2. The van der Waals surface area contributed by atoms with Crippen molar-refractivity contribution in [3.05, 3.63) is 35.8 Å². The molecule has 2 aliphatic rings. The molecule has 1 aromatic carbocycles. The van der Waals surface area contributed by atoms with Gasteiger partial charge in [0.2, 0.25) is 0 Å². The van der Waals surface area contributed by atoms with Crippen LogP contribution >= 0.6 is 11.8 Å². The lowest BCUT2D eigenvalue weighted by atomic mass is 9.80. The number of carboxylic acid groups (broad SMARTS) is 1. The number of aromatic nitrogens is 1. The molecule has 1 aliphatic heterocycles. The number of carbonyl (C=O) groups is 1. The monoisotopic (exact) mass is 460 g/mol. The van der Waals surface area contributed by atoms with Crippen molar-refractivity contribution in [1.29, 1.82) is 0 Å². The number of nitrogens with zero attached hydrogens (tertiary/aromatic N) is 2. The van der Waals surface area contributed by atoms with E-state index in [-0.39, 0.29) is 18.2 Å². The second-order valence-corrected chi connectivity index (χ2v) is 10.5. The average Bonchev–Trinajstić information content (AvgIpc) is 3.60. The zero-order valence-electron chi connectivity index (χ0n) is 18.8. The summed E-state index contributed by atoms with van der Waals surface area (Å²) in [5.74, 6) is 1.39. The van der Waals surface area contributed by atoms with Crippen molar-refractivity contribution in [1.82, 2.24) is 9.88 Å². The van der Waals surface area contributed by atoms with Gasteiger partial charge in [0, 0.05) is 35.9 Å². The van der Waals surface area contributed by atoms with Crippen LogP contribution in [-0.2, 0) is 11.2 Å². The largest absolute Gasteiger partial charge is 0.497 e. The number of piperidine rings is 1. The zero-order chi connectivity index (χ0) is 22.5. The minimum atomic E-state index is -0.715. The summed E-state index contributed by atoms with van der Waals surface area (Å²) in [7, 11) is 1.60. The molecule has 1 aliphatic carbocycles. The van der Waals surface area contributed by atoms with E-state index in [1.165, 1.54) is 19.0 Å². The van der Waals surface area contributed by atoms with Gasteiger partial charge < -0.3 is 14.7 Å². The molecular weight excluding hydrogens is 427 g/mol. The molecule has 2 fully saturated rings. The standard InChI is InChI=1S/C25H33FN2O3S/c1-31-19-5-8-24-22(14-19)21(23(26)15-27-24)4-2-3-17-9-10-28(11-12-32-20-6-7-20)16-18(17)13-25(29)30/h5,8,14-15,17-18,20H,2-4,6-7,9-13,16H2,1H3,(H,29,30)/t17-,18+/m1/s1. The smallest absolute Gasteiger partial charge is 0.303 e. The molecule has 1 saturated heterocycles. The topological polar surface area (TPSA) is 62.7 Å². The Morgan fingerprint density at radius 1 is 1.31 bits per heavy atom. The SMILES string of the molecule is COc1ccc2ncc(F)c(CCC[C@@H]3CCN(CCSC4CC4)C[C@@H]3CC(=O)O)c2c1. The molecule has 4 rings (SSSR count). The third kappa shape index (κ3) is 6.13. The molecule has 0 bridgehead atoms. The maximum atomic E-state index is 14.6. The summed E-state index contributed by atoms with van der Waals surface area (Å²) in [6.45, 7) is 2.96. The lowest BCUT2D eigenvalue weighted by molar-refractivity contribution is -0.139. The number of benzene rings is 1. The number of likely N-dealkylation sites (tertiary alicyclic amines) is 1. The number of fused-ring (bicyclic) bond motifs is 1. The molecule has 1 aromatic heterocycles. The molecule has 0 amide bonds. The Labute approximate surface area is 193 Å². The first-order valence-electron chi connectivity index (χ1n) is 11.7. The van der Waals surface area contributed by atoms with E-state index >= 15 is 0 Å². The van der Waals surface area contributed by atoms with E-state index in [0.29, 0.717) is 23.7 Å². The second kappa shape index (κ2) is 10.8. The third-order valence-electron chi connectivity index (χ3n) is 6.83. The van der Waals surface area contributed by atoms with E-state index in [9.17, 15) is 14.3 Å². The van der Waals surface area contributed by atoms with Crippen molar-refractivity contribution in [2.45, 2.75) is 50.2 Å². The number of ether oxygens (including phenoxy) is 1. The Bertz CT molecular complexity index is 937. The molecule has 1 N–H and O–H groups in total. The van der Waals surface area contributed by atoms with E-state index in [1.807, 2.05) is 18.2 Å². The van der Waals surface area contributed by atoms with Crippen molar-refractivity contribution in [2.24, 2.45) is 11.8 Å². The number of thioether (sulfide) groups is 1. The highest BCUT2D eigenvalue weighted by Gasteiger charge is 2.31. The number of hydrogen-bond donors (Lipinski definition) is 1. The Kier molecular flexibility index (Phi) is 7.89. The van der Waals surface area contributed by atoms with Crippen molar-refractivity contribution in [2.75, 3.05) is 32.5 Å². The first-order valence-corrected chi connectivity index (χ1v) is 12.7. The minimum Gasteiger partial charge on any atom is -0.497 e. The fraction of sp³-hybridized carbons (Fsp3) is 0.600. The number of carboxylic acids is 1. The van der Waals surface area contributed by atoms with Gasteiger partial charge in [0.15, 0.2) is 0 Å². The first-order chi connectivity index (χ1) is 15.5. The first kappa shape index (κ1) is 23.3. The van der Waals surface area contributed by atoms with Gasteiger partial charge >= 0.3 is 5.97 Å². The molecule has 0 unspecified atom stereocenters. The fourth-order valence-corrected chi connectivity index (χ4v) is 6.07. The summed E-state index contributed by atoms with van der Waals surface area (Å²) in [6.07, 6.45) is 7.65. The maximum Gasteiger partial charge on any atom is 0.303 e. The average molecular weight is 461 g/mol. The van der Waals surface area contributed by atoms with Crippen LogP contribution < -0.4 is 4.74 Å². The molecule has 174 valence electrons. The Hall–Kier alpha value is -1.86. The quantitative estimate of drug-likeness (QED) is 0.508. The van der Waals surface area contributed by atoms with Gasteiger partial charge in [0.1, 0.15) is 11.6 Å². The summed E-state index contributed by atoms with van der Waals surface area (Å²) in [6, 6.07) is 5.55.